The smallest absolute Gasteiger partial charge is 0.193 e. The summed E-state index contributed by atoms with van der Waals surface area (Å²) in [7, 11) is 0. The maximum atomic E-state index is 4.95. The summed E-state index contributed by atoms with van der Waals surface area (Å²) in [5.74, 6) is 3.48. The van der Waals surface area contributed by atoms with Crippen LogP contribution in [-0.2, 0) is 19.4 Å². The van der Waals surface area contributed by atoms with Crippen molar-refractivity contribution in [2.75, 3.05) is 26.2 Å². The fourth-order valence-electron chi connectivity index (χ4n) is 5.23. The number of aryl methyl sites for hydroxylation is 2. The van der Waals surface area contributed by atoms with Crippen molar-refractivity contribution in [1.82, 2.24) is 25.0 Å². The fourth-order valence-corrected chi connectivity index (χ4v) is 5.23. The maximum Gasteiger partial charge on any atom is 0.193 e. The lowest BCUT2D eigenvalue weighted by molar-refractivity contribution is 0.309. The van der Waals surface area contributed by atoms with Gasteiger partial charge in [0, 0.05) is 45.6 Å². The summed E-state index contributed by atoms with van der Waals surface area (Å²) in [6.07, 6.45) is 14.0. The summed E-state index contributed by atoms with van der Waals surface area (Å²) < 4.78 is 2.37. The first-order chi connectivity index (χ1) is 13.3. The lowest BCUT2D eigenvalue weighted by atomic mass is 9.86. The molecule has 1 saturated heterocycles. The number of nitrogens with one attached hydrogen (secondary N) is 1. The first-order valence-electron chi connectivity index (χ1n) is 11.2. The Labute approximate surface area is 163 Å². The Balaban J connectivity index is 1.31. The number of likely N-dealkylation sites (tertiary alicyclic amines) is 1. The molecule has 1 aliphatic carbocycles. The molecule has 0 amide bonds. The van der Waals surface area contributed by atoms with Crippen molar-refractivity contribution in [2.24, 2.45) is 10.4 Å². The summed E-state index contributed by atoms with van der Waals surface area (Å²) in [5.41, 5.74) is 0.593. The van der Waals surface area contributed by atoms with Crippen LogP contribution in [0, 0.1) is 5.41 Å². The molecule has 0 aromatic carbocycles. The van der Waals surface area contributed by atoms with E-state index in [2.05, 4.69) is 31.9 Å². The van der Waals surface area contributed by atoms with Crippen LogP contribution < -0.4 is 5.32 Å². The van der Waals surface area contributed by atoms with E-state index in [1.807, 2.05) is 0 Å². The number of aliphatic imine (C=N–C) groups is 1. The fraction of sp³-hybridized carbons (Fsp3) is 0.857. The van der Waals surface area contributed by atoms with Crippen LogP contribution in [0.25, 0.3) is 0 Å². The zero-order valence-electron chi connectivity index (χ0n) is 17.0. The number of guanidine groups is 1. The standard InChI is InChI=1S/C21H36N6/c1-2-22-20(26-16-13-21(17-26)11-5-6-12-21)23-14-8-10-19-25-24-18-9-4-3-7-15-27(18)19/h2-17H2,1H3,(H,22,23). The second-order valence-electron chi connectivity index (χ2n) is 8.71. The highest BCUT2D eigenvalue weighted by atomic mass is 15.3. The van der Waals surface area contributed by atoms with Crippen molar-refractivity contribution >= 4 is 5.96 Å². The van der Waals surface area contributed by atoms with Gasteiger partial charge in [-0.1, -0.05) is 19.3 Å². The zero-order valence-corrected chi connectivity index (χ0v) is 17.0. The lowest BCUT2D eigenvalue weighted by Crippen LogP contribution is -2.41. The number of rotatable bonds is 5. The number of hydrogen-bond acceptors (Lipinski definition) is 3. The Morgan fingerprint density at radius 2 is 1.96 bits per heavy atom. The van der Waals surface area contributed by atoms with Gasteiger partial charge in [-0.2, -0.15) is 0 Å². The largest absolute Gasteiger partial charge is 0.357 e. The molecule has 4 rings (SSSR count). The van der Waals surface area contributed by atoms with Gasteiger partial charge >= 0.3 is 0 Å². The van der Waals surface area contributed by atoms with Crippen molar-refractivity contribution in [3.05, 3.63) is 11.6 Å². The van der Waals surface area contributed by atoms with Gasteiger partial charge in [0.05, 0.1) is 0 Å². The molecule has 0 unspecified atom stereocenters. The highest BCUT2D eigenvalue weighted by Crippen LogP contribution is 2.45. The molecule has 0 bridgehead atoms. The number of hydrogen-bond donors (Lipinski definition) is 1. The predicted octanol–water partition coefficient (Wildman–Crippen LogP) is 3.17. The monoisotopic (exact) mass is 372 g/mol. The van der Waals surface area contributed by atoms with E-state index in [-0.39, 0.29) is 0 Å². The predicted molar refractivity (Wildman–Crippen MR) is 109 cm³/mol. The third kappa shape index (κ3) is 4.30. The first kappa shape index (κ1) is 18.8. The van der Waals surface area contributed by atoms with Gasteiger partial charge in [-0.25, -0.2) is 0 Å². The SMILES string of the molecule is CCNC(=NCCCc1nnc2n1CCCCC2)N1CCC2(CCCC2)C1. The Morgan fingerprint density at radius 1 is 1.07 bits per heavy atom. The van der Waals surface area contributed by atoms with Crippen LogP contribution in [0.4, 0.5) is 0 Å². The van der Waals surface area contributed by atoms with Gasteiger partial charge in [0.25, 0.3) is 0 Å². The Hall–Kier alpha value is -1.59. The molecule has 0 atom stereocenters. The molecule has 2 fully saturated rings. The van der Waals surface area contributed by atoms with Gasteiger partial charge < -0.3 is 14.8 Å². The minimum absolute atomic E-state index is 0.593. The van der Waals surface area contributed by atoms with E-state index in [0.29, 0.717) is 5.41 Å². The average molecular weight is 373 g/mol. The molecule has 1 aromatic rings. The number of aromatic nitrogens is 3. The Morgan fingerprint density at radius 3 is 2.81 bits per heavy atom. The van der Waals surface area contributed by atoms with Crippen LogP contribution in [0.1, 0.15) is 76.4 Å². The summed E-state index contributed by atoms with van der Waals surface area (Å²) in [4.78, 5) is 7.47. The molecular formula is C21H36N6. The minimum Gasteiger partial charge on any atom is -0.357 e. The quantitative estimate of drug-likeness (QED) is 0.490. The lowest BCUT2D eigenvalue weighted by Gasteiger charge is -2.26. The van der Waals surface area contributed by atoms with E-state index < -0.39 is 0 Å². The van der Waals surface area contributed by atoms with Crippen LogP contribution in [-0.4, -0.2) is 51.8 Å². The van der Waals surface area contributed by atoms with E-state index in [0.717, 1.165) is 50.7 Å². The third-order valence-corrected chi connectivity index (χ3v) is 6.74. The molecule has 0 radical (unpaired) electrons. The second kappa shape index (κ2) is 8.61. The van der Waals surface area contributed by atoms with Crippen LogP contribution >= 0.6 is 0 Å². The molecule has 1 aromatic heterocycles. The van der Waals surface area contributed by atoms with Gasteiger partial charge in [0.2, 0.25) is 0 Å². The van der Waals surface area contributed by atoms with Crippen molar-refractivity contribution in [2.45, 2.75) is 84.1 Å². The molecule has 2 aliphatic heterocycles. The Bertz CT molecular complexity index is 643. The van der Waals surface area contributed by atoms with Gasteiger partial charge in [0.1, 0.15) is 11.6 Å². The van der Waals surface area contributed by atoms with Gasteiger partial charge in [-0.15, -0.1) is 10.2 Å². The van der Waals surface area contributed by atoms with E-state index in [1.54, 1.807) is 0 Å². The van der Waals surface area contributed by atoms with Crippen molar-refractivity contribution in [3.63, 3.8) is 0 Å². The molecule has 1 saturated carbocycles. The second-order valence-corrected chi connectivity index (χ2v) is 8.71. The molecule has 6 heteroatoms. The van der Waals surface area contributed by atoms with Crippen LogP contribution in [0.3, 0.4) is 0 Å². The van der Waals surface area contributed by atoms with Crippen molar-refractivity contribution < 1.29 is 0 Å². The zero-order chi connectivity index (χ0) is 18.5. The molecular weight excluding hydrogens is 336 g/mol. The third-order valence-electron chi connectivity index (χ3n) is 6.74. The van der Waals surface area contributed by atoms with Crippen molar-refractivity contribution in [1.29, 1.82) is 0 Å². The summed E-state index contributed by atoms with van der Waals surface area (Å²) in [5, 5.41) is 12.4. The average Bonchev–Trinajstić information content (AvgIpc) is 3.37. The van der Waals surface area contributed by atoms with Crippen LogP contribution in [0.5, 0.6) is 0 Å². The van der Waals surface area contributed by atoms with Crippen molar-refractivity contribution in [3.8, 4) is 0 Å². The van der Waals surface area contributed by atoms with E-state index >= 15 is 0 Å². The van der Waals surface area contributed by atoms with E-state index in [9.17, 15) is 0 Å². The molecule has 1 spiro atoms. The highest BCUT2D eigenvalue weighted by Gasteiger charge is 2.41. The minimum atomic E-state index is 0.593. The molecule has 3 aliphatic rings. The van der Waals surface area contributed by atoms with Gasteiger partial charge in [0.15, 0.2) is 5.96 Å². The first-order valence-corrected chi connectivity index (χ1v) is 11.2. The number of nitrogens with zero attached hydrogens (tertiary/aromatic N) is 5. The Kier molecular flexibility index (Phi) is 5.98. The molecule has 3 heterocycles. The maximum absolute atomic E-state index is 4.95. The number of fused-ring (bicyclic) bond motifs is 1. The summed E-state index contributed by atoms with van der Waals surface area (Å²) >= 11 is 0. The highest BCUT2D eigenvalue weighted by molar-refractivity contribution is 5.80. The van der Waals surface area contributed by atoms with Crippen LogP contribution in [0.2, 0.25) is 0 Å². The van der Waals surface area contributed by atoms with Gasteiger partial charge in [-0.3, -0.25) is 4.99 Å². The topological polar surface area (TPSA) is 58.3 Å². The summed E-state index contributed by atoms with van der Waals surface area (Å²) in [6, 6.07) is 0. The molecule has 1 N–H and O–H groups in total. The van der Waals surface area contributed by atoms with Crippen LogP contribution in [0.15, 0.2) is 4.99 Å². The van der Waals surface area contributed by atoms with Gasteiger partial charge in [-0.05, 0) is 50.9 Å². The van der Waals surface area contributed by atoms with E-state index in [1.165, 1.54) is 70.3 Å². The molecule has 150 valence electrons. The summed E-state index contributed by atoms with van der Waals surface area (Å²) in [6.45, 7) is 7.45. The molecule has 27 heavy (non-hydrogen) atoms. The van der Waals surface area contributed by atoms with E-state index in [4.69, 9.17) is 4.99 Å². The molecule has 6 nitrogen and oxygen atoms in total. The normalized spacial score (nSPS) is 22.3.